The number of nitrogens with zero attached hydrogens (tertiary/aromatic N) is 1. The molecule has 0 aliphatic carbocycles. The van der Waals surface area contributed by atoms with E-state index in [0.717, 1.165) is 5.56 Å². The predicted octanol–water partition coefficient (Wildman–Crippen LogP) is 4.24. The van der Waals surface area contributed by atoms with Crippen LogP contribution in [0.5, 0.6) is 5.75 Å². The molecule has 0 saturated carbocycles. The van der Waals surface area contributed by atoms with Crippen molar-refractivity contribution in [1.29, 1.82) is 0 Å². The Hall–Kier alpha value is -3.38. The van der Waals surface area contributed by atoms with Crippen molar-refractivity contribution in [2.75, 3.05) is 13.7 Å². The Labute approximate surface area is 191 Å². The van der Waals surface area contributed by atoms with Crippen molar-refractivity contribution in [2.24, 2.45) is 0 Å². The van der Waals surface area contributed by atoms with Crippen LogP contribution in [0.25, 0.3) is 0 Å². The van der Waals surface area contributed by atoms with Crippen LogP contribution in [-0.4, -0.2) is 36.4 Å². The second kappa shape index (κ2) is 11.3. The highest BCUT2D eigenvalue weighted by Crippen LogP contribution is 2.23. The van der Waals surface area contributed by atoms with E-state index in [4.69, 9.17) is 16.3 Å². The molecule has 0 spiro atoms. The third-order valence-corrected chi connectivity index (χ3v) is 5.32. The number of para-hydroxylation sites is 1. The molecule has 0 aromatic heterocycles. The number of halogens is 2. The summed E-state index contributed by atoms with van der Waals surface area (Å²) in [6, 6.07) is 21.5. The molecule has 3 rings (SSSR count). The van der Waals surface area contributed by atoms with Crippen LogP contribution in [0.2, 0.25) is 5.02 Å². The Bertz CT molecular complexity index is 1060. The SMILES string of the molecule is CNC(=O)[C@H](Cc1ccccc1)N(Cc1ccccc1F)C(=O)COc1ccccc1Cl. The average Bonchev–Trinajstić information content (AvgIpc) is 2.82. The number of hydrogen-bond acceptors (Lipinski definition) is 3. The summed E-state index contributed by atoms with van der Waals surface area (Å²) in [6.45, 7) is -0.428. The topological polar surface area (TPSA) is 58.6 Å². The second-order valence-corrected chi connectivity index (χ2v) is 7.56. The first kappa shape index (κ1) is 23.3. The molecular weight excluding hydrogens is 431 g/mol. The van der Waals surface area contributed by atoms with Crippen LogP contribution in [0.4, 0.5) is 4.39 Å². The standard InChI is InChI=1S/C25H24ClFN2O3/c1-28-25(31)22(15-18-9-3-2-4-10-18)29(16-19-11-5-7-13-21(19)27)24(30)17-32-23-14-8-6-12-20(23)26/h2-14,22H,15-17H2,1H3,(H,28,31)/t22-/m0/s1. The number of ether oxygens (including phenoxy) is 1. The van der Waals surface area contributed by atoms with Crippen molar-refractivity contribution in [2.45, 2.75) is 19.0 Å². The molecule has 0 aliphatic rings. The third-order valence-electron chi connectivity index (χ3n) is 5.00. The van der Waals surface area contributed by atoms with Crippen molar-refractivity contribution in [3.63, 3.8) is 0 Å². The van der Waals surface area contributed by atoms with Crippen LogP contribution in [0.3, 0.4) is 0 Å². The Balaban J connectivity index is 1.89. The molecule has 166 valence electrons. The van der Waals surface area contributed by atoms with Crippen LogP contribution < -0.4 is 10.1 Å². The van der Waals surface area contributed by atoms with Crippen LogP contribution >= 0.6 is 11.6 Å². The molecule has 2 amide bonds. The van der Waals surface area contributed by atoms with Gasteiger partial charge in [-0.1, -0.05) is 72.3 Å². The number of amides is 2. The fourth-order valence-electron chi connectivity index (χ4n) is 3.31. The molecule has 32 heavy (non-hydrogen) atoms. The number of benzene rings is 3. The number of carbonyl (C=O) groups excluding carboxylic acids is 2. The summed E-state index contributed by atoms with van der Waals surface area (Å²) in [6.07, 6.45) is 0.271. The molecular formula is C25H24ClFN2O3. The molecule has 5 nitrogen and oxygen atoms in total. The van der Waals surface area contributed by atoms with Gasteiger partial charge in [-0.05, 0) is 23.8 Å². The van der Waals surface area contributed by atoms with Crippen molar-refractivity contribution in [3.05, 3.63) is 101 Å². The second-order valence-electron chi connectivity index (χ2n) is 7.15. The molecule has 3 aromatic rings. The lowest BCUT2D eigenvalue weighted by atomic mass is 10.0. The van der Waals surface area contributed by atoms with Gasteiger partial charge in [-0.3, -0.25) is 9.59 Å². The minimum Gasteiger partial charge on any atom is -0.482 e. The monoisotopic (exact) mass is 454 g/mol. The summed E-state index contributed by atoms with van der Waals surface area (Å²) in [5, 5.41) is 2.98. The van der Waals surface area contributed by atoms with Gasteiger partial charge >= 0.3 is 0 Å². The van der Waals surface area contributed by atoms with Crippen LogP contribution in [0, 0.1) is 5.82 Å². The minimum atomic E-state index is -0.857. The molecule has 7 heteroatoms. The molecule has 3 aromatic carbocycles. The fourth-order valence-corrected chi connectivity index (χ4v) is 3.51. The van der Waals surface area contributed by atoms with Gasteiger partial charge in [-0.15, -0.1) is 0 Å². The van der Waals surface area contributed by atoms with Gasteiger partial charge in [0, 0.05) is 25.6 Å². The van der Waals surface area contributed by atoms with E-state index in [9.17, 15) is 14.0 Å². The van der Waals surface area contributed by atoms with E-state index in [0.29, 0.717) is 16.3 Å². The van der Waals surface area contributed by atoms with Crippen LogP contribution in [0.1, 0.15) is 11.1 Å². The Morgan fingerprint density at radius 3 is 2.34 bits per heavy atom. The summed E-state index contributed by atoms with van der Waals surface area (Å²) in [5.74, 6) is -0.908. The van der Waals surface area contributed by atoms with Gasteiger partial charge in [0.05, 0.1) is 5.02 Å². The summed E-state index contributed by atoms with van der Waals surface area (Å²) in [5.41, 5.74) is 1.18. The molecule has 0 fully saturated rings. The molecule has 1 N–H and O–H groups in total. The Morgan fingerprint density at radius 2 is 1.66 bits per heavy atom. The van der Waals surface area contributed by atoms with E-state index < -0.39 is 17.8 Å². The summed E-state index contributed by atoms with van der Waals surface area (Å²) < 4.78 is 20.0. The highest BCUT2D eigenvalue weighted by Gasteiger charge is 2.30. The van der Waals surface area contributed by atoms with Gasteiger partial charge < -0.3 is 15.0 Å². The van der Waals surface area contributed by atoms with E-state index in [1.807, 2.05) is 30.3 Å². The maximum atomic E-state index is 14.4. The van der Waals surface area contributed by atoms with E-state index in [-0.39, 0.29) is 25.5 Å². The van der Waals surface area contributed by atoms with Gasteiger partial charge in [0.15, 0.2) is 6.61 Å². The van der Waals surface area contributed by atoms with Gasteiger partial charge in [0.2, 0.25) is 5.91 Å². The van der Waals surface area contributed by atoms with Gasteiger partial charge in [-0.25, -0.2) is 4.39 Å². The highest BCUT2D eigenvalue weighted by molar-refractivity contribution is 6.32. The van der Waals surface area contributed by atoms with Crippen molar-refractivity contribution < 1.29 is 18.7 Å². The minimum absolute atomic E-state index is 0.0810. The maximum Gasteiger partial charge on any atom is 0.261 e. The van der Waals surface area contributed by atoms with Crippen molar-refractivity contribution in [3.8, 4) is 5.75 Å². The van der Waals surface area contributed by atoms with Gasteiger partial charge in [0.25, 0.3) is 5.91 Å². The lowest BCUT2D eigenvalue weighted by molar-refractivity contribution is -0.142. The predicted molar refractivity (Wildman–Crippen MR) is 122 cm³/mol. The molecule has 1 atom stereocenters. The third kappa shape index (κ3) is 6.08. The van der Waals surface area contributed by atoms with Crippen LogP contribution in [-0.2, 0) is 22.6 Å². The fraction of sp³-hybridized carbons (Fsp3) is 0.200. The first-order valence-corrected chi connectivity index (χ1v) is 10.5. The highest BCUT2D eigenvalue weighted by atomic mass is 35.5. The molecule has 0 heterocycles. The van der Waals surface area contributed by atoms with E-state index in [2.05, 4.69) is 5.32 Å². The Kier molecular flexibility index (Phi) is 8.22. The maximum absolute atomic E-state index is 14.4. The lowest BCUT2D eigenvalue weighted by Crippen LogP contribution is -2.51. The number of nitrogens with one attached hydrogen (secondary N) is 1. The molecule has 0 aliphatic heterocycles. The lowest BCUT2D eigenvalue weighted by Gasteiger charge is -2.31. The smallest absolute Gasteiger partial charge is 0.261 e. The summed E-state index contributed by atoms with van der Waals surface area (Å²) in [4.78, 5) is 27.4. The number of likely N-dealkylation sites (N-methyl/N-ethyl adjacent to an activating group) is 1. The van der Waals surface area contributed by atoms with E-state index >= 15 is 0 Å². The zero-order chi connectivity index (χ0) is 22.9. The van der Waals surface area contributed by atoms with Crippen molar-refractivity contribution >= 4 is 23.4 Å². The summed E-state index contributed by atoms with van der Waals surface area (Å²) in [7, 11) is 1.51. The number of hydrogen-bond donors (Lipinski definition) is 1. The first-order chi connectivity index (χ1) is 15.5. The molecule has 0 saturated heterocycles. The van der Waals surface area contributed by atoms with Gasteiger partial charge in [0.1, 0.15) is 17.6 Å². The van der Waals surface area contributed by atoms with E-state index in [1.165, 1.54) is 18.0 Å². The summed E-state index contributed by atoms with van der Waals surface area (Å²) >= 11 is 6.12. The zero-order valence-corrected chi connectivity index (χ0v) is 18.4. The normalized spacial score (nSPS) is 11.5. The van der Waals surface area contributed by atoms with Gasteiger partial charge in [-0.2, -0.15) is 0 Å². The molecule has 0 radical (unpaired) electrons. The zero-order valence-electron chi connectivity index (χ0n) is 17.6. The van der Waals surface area contributed by atoms with E-state index in [1.54, 1.807) is 42.5 Å². The molecule has 0 bridgehead atoms. The van der Waals surface area contributed by atoms with Crippen molar-refractivity contribution in [1.82, 2.24) is 10.2 Å². The van der Waals surface area contributed by atoms with Crippen LogP contribution in [0.15, 0.2) is 78.9 Å². The molecule has 0 unspecified atom stereocenters. The first-order valence-electron chi connectivity index (χ1n) is 10.2. The Morgan fingerprint density at radius 1 is 1.00 bits per heavy atom. The number of rotatable bonds is 9. The number of carbonyl (C=O) groups is 2. The average molecular weight is 455 g/mol. The largest absolute Gasteiger partial charge is 0.482 e. The quantitative estimate of drug-likeness (QED) is 0.526.